The van der Waals surface area contributed by atoms with Gasteiger partial charge in [-0.15, -0.1) is 35.3 Å². The van der Waals surface area contributed by atoms with Crippen molar-refractivity contribution in [2.24, 2.45) is 4.99 Å². The molecule has 0 aliphatic rings. The molecule has 0 spiro atoms. The molecule has 1 heterocycles. The van der Waals surface area contributed by atoms with Gasteiger partial charge in [-0.25, -0.2) is 0 Å². The van der Waals surface area contributed by atoms with Gasteiger partial charge in [0.05, 0.1) is 25.4 Å². The van der Waals surface area contributed by atoms with Crippen LogP contribution in [0.2, 0.25) is 0 Å². The quantitative estimate of drug-likeness (QED) is 0.243. The van der Waals surface area contributed by atoms with E-state index in [4.69, 9.17) is 9.73 Å². The van der Waals surface area contributed by atoms with Crippen molar-refractivity contribution in [1.82, 2.24) is 10.6 Å². The fourth-order valence-corrected chi connectivity index (χ4v) is 3.55. The third-order valence-electron chi connectivity index (χ3n) is 4.48. The van der Waals surface area contributed by atoms with Gasteiger partial charge in [0.15, 0.2) is 5.96 Å². The van der Waals surface area contributed by atoms with Crippen LogP contribution in [-0.2, 0) is 10.2 Å². The first-order chi connectivity index (χ1) is 13.4. The molecule has 1 aromatic heterocycles. The van der Waals surface area contributed by atoms with E-state index in [-0.39, 0.29) is 42.1 Å². The van der Waals surface area contributed by atoms with E-state index in [1.807, 2.05) is 44.2 Å². The van der Waals surface area contributed by atoms with Crippen molar-refractivity contribution in [3.63, 3.8) is 0 Å². The number of aliphatic imine (C=N–C) groups is 1. The number of thiophene rings is 1. The number of rotatable bonds is 10. The van der Waals surface area contributed by atoms with Crippen LogP contribution < -0.4 is 10.6 Å². The first-order valence-corrected chi connectivity index (χ1v) is 10.7. The maximum Gasteiger partial charge on any atom is 0.191 e. The second-order valence-electron chi connectivity index (χ2n) is 7.48. The van der Waals surface area contributed by atoms with Crippen LogP contribution in [0.3, 0.4) is 0 Å². The Bertz CT molecular complexity index is 708. The van der Waals surface area contributed by atoms with Crippen molar-refractivity contribution < 1.29 is 9.84 Å². The van der Waals surface area contributed by atoms with Gasteiger partial charge in [0, 0.05) is 23.4 Å². The average molecular weight is 532 g/mol. The first-order valence-electron chi connectivity index (χ1n) is 9.83. The minimum absolute atomic E-state index is 0. The predicted octanol–water partition coefficient (Wildman–Crippen LogP) is 4.34. The number of nitrogens with zero attached hydrogens (tertiary/aromatic N) is 1. The van der Waals surface area contributed by atoms with Crippen LogP contribution in [0, 0.1) is 0 Å². The lowest BCUT2D eigenvalue weighted by Crippen LogP contribution is -2.43. The van der Waals surface area contributed by atoms with Gasteiger partial charge < -0.3 is 20.5 Å². The predicted molar refractivity (Wildman–Crippen MR) is 134 cm³/mol. The van der Waals surface area contributed by atoms with Crippen molar-refractivity contribution in [2.45, 2.75) is 45.3 Å². The monoisotopic (exact) mass is 531 g/mol. The maximum atomic E-state index is 10.3. The minimum atomic E-state index is -0.611. The molecule has 0 radical (unpaired) electrons. The average Bonchev–Trinajstić information content (AvgIpc) is 3.25. The van der Waals surface area contributed by atoms with Crippen molar-refractivity contribution in [3.8, 4) is 0 Å². The number of aliphatic hydroxyl groups is 1. The molecule has 5 nitrogen and oxygen atoms in total. The molecule has 2 unspecified atom stereocenters. The standard InChI is InChI=1S/C22H33N3O2S.HI/c1-5-23-21(25-16-22(3,4)20-12-9-13-28-20)24-14-19(26)15-27-17(2)18-10-7-6-8-11-18;/h6-13,17,19,26H,5,14-16H2,1-4H3,(H2,23,24,25);1H. The summed E-state index contributed by atoms with van der Waals surface area (Å²) in [5.41, 5.74) is 1.08. The van der Waals surface area contributed by atoms with E-state index >= 15 is 0 Å². The molecule has 7 heteroatoms. The van der Waals surface area contributed by atoms with Gasteiger partial charge in [-0.2, -0.15) is 0 Å². The van der Waals surface area contributed by atoms with Gasteiger partial charge in [-0.05, 0) is 30.9 Å². The van der Waals surface area contributed by atoms with Crippen molar-refractivity contribution in [2.75, 3.05) is 26.2 Å². The topological polar surface area (TPSA) is 65.9 Å². The zero-order chi connectivity index (χ0) is 20.4. The summed E-state index contributed by atoms with van der Waals surface area (Å²) in [5.74, 6) is 0.710. The van der Waals surface area contributed by atoms with E-state index in [0.29, 0.717) is 19.0 Å². The summed E-state index contributed by atoms with van der Waals surface area (Å²) in [6.45, 7) is 10.5. The molecule has 0 aliphatic heterocycles. The highest BCUT2D eigenvalue weighted by atomic mass is 127. The third kappa shape index (κ3) is 9.02. The molecule has 162 valence electrons. The van der Waals surface area contributed by atoms with E-state index < -0.39 is 6.10 Å². The number of hydrogen-bond acceptors (Lipinski definition) is 4. The Morgan fingerprint density at radius 2 is 1.90 bits per heavy atom. The SMILES string of the molecule is CCNC(=NCC(C)(C)c1cccs1)NCC(O)COC(C)c1ccccc1.I. The highest BCUT2D eigenvalue weighted by Crippen LogP contribution is 2.27. The summed E-state index contributed by atoms with van der Waals surface area (Å²) in [6.07, 6.45) is -0.662. The second kappa shape index (κ2) is 13.2. The maximum absolute atomic E-state index is 10.3. The Labute approximate surface area is 196 Å². The smallest absolute Gasteiger partial charge is 0.191 e. The molecule has 1 aromatic carbocycles. The van der Waals surface area contributed by atoms with Gasteiger partial charge in [0.25, 0.3) is 0 Å². The molecule has 0 fully saturated rings. The Hall–Kier alpha value is -1.16. The molecule has 2 atom stereocenters. The molecule has 0 bridgehead atoms. The zero-order valence-corrected chi connectivity index (χ0v) is 20.9. The number of nitrogens with one attached hydrogen (secondary N) is 2. The molecule has 0 amide bonds. The number of aliphatic hydroxyl groups excluding tert-OH is 1. The van der Waals surface area contributed by atoms with Crippen molar-refractivity contribution in [1.29, 1.82) is 0 Å². The lowest BCUT2D eigenvalue weighted by Gasteiger charge is -2.22. The molecular weight excluding hydrogens is 497 g/mol. The summed E-state index contributed by atoms with van der Waals surface area (Å²) in [4.78, 5) is 6.02. The summed E-state index contributed by atoms with van der Waals surface area (Å²) in [7, 11) is 0. The summed E-state index contributed by atoms with van der Waals surface area (Å²) < 4.78 is 5.80. The number of guanidine groups is 1. The largest absolute Gasteiger partial charge is 0.389 e. The van der Waals surface area contributed by atoms with Crippen LogP contribution in [0.4, 0.5) is 0 Å². The molecule has 0 saturated heterocycles. The van der Waals surface area contributed by atoms with E-state index in [9.17, 15) is 5.11 Å². The zero-order valence-electron chi connectivity index (χ0n) is 17.7. The summed E-state index contributed by atoms with van der Waals surface area (Å²) in [5, 5.41) is 18.8. The van der Waals surface area contributed by atoms with Gasteiger partial charge in [-0.3, -0.25) is 4.99 Å². The highest BCUT2D eigenvalue weighted by molar-refractivity contribution is 14.0. The van der Waals surface area contributed by atoms with Gasteiger partial charge in [0.1, 0.15) is 0 Å². The Kier molecular flexibility index (Phi) is 11.8. The van der Waals surface area contributed by atoms with Crippen molar-refractivity contribution >= 4 is 41.3 Å². The Morgan fingerprint density at radius 3 is 2.52 bits per heavy atom. The fraction of sp³-hybridized carbons (Fsp3) is 0.500. The van der Waals surface area contributed by atoms with Crippen LogP contribution in [-0.4, -0.2) is 43.4 Å². The lowest BCUT2D eigenvalue weighted by molar-refractivity contribution is -0.000600. The van der Waals surface area contributed by atoms with Gasteiger partial charge in [0.2, 0.25) is 0 Å². The molecule has 0 aliphatic carbocycles. The lowest BCUT2D eigenvalue weighted by atomic mass is 9.92. The molecule has 3 N–H and O–H groups in total. The van der Waals surface area contributed by atoms with Crippen LogP contribution in [0.5, 0.6) is 0 Å². The molecule has 29 heavy (non-hydrogen) atoms. The fourth-order valence-electron chi connectivity index (χ4n) is 2.71. The van der Waals surface area contributed by atoms with Crippen LogP contribution >= 0.6 is 35.3 Å². The number of halogens is 1. The van der Waals surface area contributed by atoms with Crippen molar-refractivity contribution in [3.05, 3.63) is 58.3 Å². The first kappa shape index (κ1) is 25.9. The highest BCUT2D eigenvalue weighted by Gasteiger charge is 2.21. The number of benzene rings is 1. The molecule has 2 aromatic rings. The summed E-state index contributed by atoms with van der Waals surface area (Å²) in [6, 6.07) is 14.2. The van der Waals surface area contributed by atoms with E-state index in [1.54, 1.807) is 11.3 Å². The van der Waals surface area contributed by atoms with E-state index in [1.165, 1.54) is 4.88 Å². The summed E-state index contributed by atoms with van der Waals surface area (Å²) >= 11 is 1.75. The minimum Gasteiger partial charge on any atom is -0.389 e. The van der Waals surface area contributed by atoms with Crippen LogP contribution in [0.1, 0.15) is 44.2 Å². The molecular formula is C22H34IN3O2S. The number of ether oxygens (including phenoxy) is 1. The van der Waals surface area contributed by atoms with Gasteiger partial charge in [-0.1, -0.05) is 50.2 Å². The third-order valence-corrected chi connectivity index (χ3v) is 5.71. The number of hydrogen-bond donors (Lipinski definition) is 3. The Balaban J connectivity index is 0.00000420. The molecule has 2 rings (SSSR count). The van der Waals surface area contributed by atoms with Crippen LogP contribution in [0.25, 0.3) is 0 Å². The molecule has 0 saturated carbocycles. The second-order valence-corrected chi connectivity index (χ2v) is 8.43. The normalized spacial score (nSPS) is 14.0. The van der Waals surface area contributed by atoms with E-state index in [0.717, 1.165) is 12.1 Å². The van der Waals surface area contributed by atoms with Gasteiger partial charge >= 0.3 is 0 Å². The Morgan fingerprint density at radius 1 is 1.17 bits per heavy atom. The van der Waals surface area contributed by atoms with E-state index in [2.05, 4.69) is 42.0 Å². The van der Waals surface area contributed by atoms with Crippen LogP contribution in [0.15, 0.2) is 52.8 Å².